The number of thioether (sulfide) groups is 1. The fourth-order valence-electron chi connectivity index (χ4n) is 2.33. The number of aromatic hydroxyl groups is 1. The minimum atomic E-state index is 0.172. The fourth-order valence-corrected chi connectivity index (χ4v) is 3.13. The first-order valence-electron chi connectivity index (χ1n) is 7.06. The van der Waals surface area contributed by atoms with Crippen LogP contribution < -0.4 is 5.32 Å². The smallest absolute Gasteiger partial charge is 0.120 e. The summed E-state index contributed by atoms with van der Waals surface area (Å²) in [5.41, 5.74) is 2.07. The Morgan fingerprint density at radius 2 is 1.95 bits per heavy atom. The lowest BCUT2D eigenvalue weighted by Gasteiger charge is -2.31. The van der Waals surface area contributed by atoms with Crippen molar-refractivity contribution in [2.45, 2.75) is 51.3 Å². The molecule has 0 aromatic heterocycles. The van der Waals surface area contributed by atoms with Gasteiger partial charge in [0, 0.05) is 22.9 Å². The van der Waals surface area contributed by atoms with Gasteiger partial charge in [-0.05, 0) is 44.6 Å². The Labute approximate surface area is 122 Å². The van der Waals surface area contributed by atoms with Crippen LogP contribution >= 0.6 is 11.8 Å². The molecule has 0 aliphatic rings. The second kappa shape index (κ2) is 7.20. The van der Waals surface area contributed by atoms with E-state index in [1.54, 1.807) is 0 Å². The Morgan fingerprint density at radius 3 is 2.42 bits per heavy atom. The maximum absolute atomic E-state index is 10.0. The second-order valence-electron chi connectivity index (χ2n) is 5.26. The van der Waals surface area contributed by atoms with Crippen LogP contribution in [0.5, 0.6) is 5.75 Å². The molecule has 0 heterocycles. The molecule has 0 amide bonds. The summed E-state index contributed by atoms with van der Waals surface area (Å²) in [6, 6.07) is 6.07. The van der Waals surface area contributed by atoms with Crippen molar-refractivity contribution in [3.8, 4) is 5.75 Å². The second-order valence-corrected chi connectivity index (χ2v) is 6.53. The number of hydrogen-bond acceptors (Lipinski definition) is 3. The molecule has 0 radical (unpaired) electrons. The summed E-state index contributed by atoms with van der Waals surface area (Å²) in [4.78, 5) is 0. The number of nitrogens with one attached hydrogen (secondary N) is 1. The largest absolute Gasteiger partial charge is 0.508 e. The molecular formula is C16H27NOS. The molecule has 1 rings (SSSR count). The third-order valence-corrected chi connectivity index (χ3v) is 5.69. The molecule has 0 saturated carbocycles. The molecule has 2 nitrogen and oxygen atoms in total. The van der Waals surface area contributed by atoms with Crippen molar-refractivity contribution in [3.63, 3.8) is 0 Å². The summed E-state index contributed by atoms with van der Waals surface area (Å²) in [5, 5.41) is 13.6. The molecule has 1 aromatic rings. The van der Waals surface area contributed by atoms with Gasteiger partial charge in [0.25, 0.3) is 0 Å². The number of hydrogen-bond donors (Lipinski definition) is 2. The van der Waals surface area contributed by atoms with Gasteiger partial charge in [0.15, 0.2) is 0 Å². The molecule has 0 aliphatic heterocycles. The van der Waals surface area contributed by atoms with Crippen molar-refractivity contribution in [2.75, 3.05) is 12.8 Å². The lowest BCUT2D eigenvalue weighted by atomic mass is 10.00. The number of phenolic OH excluding ortho intramolecular Hbond substituents is 1. The summed E-state index contributed by atoms with van der Waals surface area (Å²) < 4.78 is 0.300. The Hall–Kier alpha value is -0.670. The van der Waals surface area contributed by atoms with Crippen LogP contribution in [0.25, 0.3) is 0 Å². The number of aryl methyl sites for hydroxylation is 1. The minimum Gasteiger partial charge on any atom is -0.508 e. The predicted molar refractivity (Wildman–Crippen MR) is 86.1 cm³/mol. The Balaban J connectivity index is 2.72. The lowest BCUT2D eigenvalue weighted by molar-refractivity contribution is 0.431. The average Bonchev–Trinajstić information content (AvgIpc) is 2.40. The molecule has 2 N–H and O–H groups in total. The van der Waals surface area contributed by atoms with Crippen LogP contribution in [-0.4, -0.2) is 22.7 Å². The maximum atomic E-state index is 10.0. The van der Waals surface area contributed by atoms with Gasteiger partial charge < -0.3 is 10.4 Å². The molecule has 1 aromatic carbocycles. The van der Waals surface area contributed by atoms with Crippen molar-refractivity contribution in [1.82, 2.24) is 5.32 Å². The van der Waals surface area contributed by atoms with E-state index in [0.717, 1.165) is 30.5 Å². The molecule has 1 unspecified atom stereocenters. The first-order valence-corrected chi connectivity index (χ1v) is 8.28. The first-order chi connectivity index (χ1) is 8.98. The molecule has 1 atom stereocenters. The van der Waals surface area contributed by atoms with Crippen LogP contribution in [0, 0.1) is 6.92 Å². The third kappa shape index (κ3) is 4.15. The molecule has 19 heavy (non-hydrogen) atoms. The van der Waals surface area contributed by atoms with E-state index in [9.17, 15) is 5.11 Å². The van der Waals surface area contributed by atoms with Crippen LogP contribution in [0.4, 0.5) is 0 Å². The van der Waals surface area contributed by atoms with Gasteiger partial charge in [0.05, 0.1) is 0 Å². The predicted octanol–water partition coefficient (Wildman–Crippen LogP) is 4.27. The standard InChI is InChI=1S/C16H27NOS/c1-6-16(7-2,19-5)11-17-13(4)14-9-8-12(3)10-15(14)18/h8-10,13,17-18H,6-7,11H2,1-5H3. The number of rotatable bonds is 7. The van der Waals surface area contributed by atoms with E-state index in [1.165, 1.54) is 0 Å². The number of benzene rings is 1. The van der Waals surface area contributed by atoms with Gasteiger partial charge in [0.1, 0.15) is 5.75 Å². The van der Waals surface area contributed by atoms with E-state index in [-0.39, 0.29) is 6.04 Å². The van der Waals surface area contributed by atoms with Crippen molar-refractivity contribution in [3.05, 3.63) is 29.3 Å². The Bertz CT molecular complexity index is 393. The molecule has 3 heteroatoms. The highest BCUT2D eigenvalue weighted by Crippen LogP contribution is 2.31. The molecule has 0 aliphatic carbocycles. The SMILES string of the molecule is CCC(CC)(CNC(C)c1ccc(C)cc1O)SC. The summed E-state index contributed by atoms with van der Waals surface area (Å²) in [6.45, 7) is 9.57. The highest BCUT2D eigenvalue weighted by Gasteiger charge is 2.25. The summed E-state index contributed by atoms with van der Waals surface area (Å²) >= 11 is 1.94. The third-order valence-electron chi connectivity index (χ3n) is 4.10. The highest BCUT2D eigenvalue weighted by molar-refractivity contribution is 8.00. The summed E-state index contributed by atoms with van der Waals surface area (Å²) in [5.74, 6) is 0.391. The molecule has 0 bridgehead atoms. The molecule has 0 saturated heterocycles. The van der Waals surface area contributed by atoms with Crippen LogP contribution in [0.2, 0.25) is 0 Å². The van der Waals surface area contributed by atoms with Gasteiger partial charge in [-0.3, -0.25) is 0 Å². The van der Waals surface area contributed by atoms with Crippen molar-refractivity contribution < 1.29 is 5.11 Å². The van der Waals surface area contributed by atoms with E-state index in [0.29, 0.717) is 10.5 Å². The Morgan fingerprint density at radius 1 is 1.32 bits per heavy atom. The van der Waals surface area contributed by atoms with Gasteiger partial charge in [0.2, 0.25) is 0 Å². The first kappa shape index (κ1) is 16.4. The topological polar surface area (TPSA) is 32.3 Å². The van der Waals surface area contributed by atoms with Crippen molar-refractivity contribution in [1.29, 1.82) is 0 Å². The molecule has 108 valence electrons. The summed E-state index contributed by atoms with van der Waals surface area (Å²) in [6.07, 6.45) is 4.50. The van der Waals surface area contributed by atoms with E-state index in [1.807, 2.05) is 30.8 Å². The average molecular weight is 281 g/mol. The molecular weight excluding hydrogens is 254 g/mol. The molecule has 0 spiro atoms. The van der Waals surface area contributed by atoms with Crippen LogP contribution in [0.1, 0.15) is 50.8 Å². The van der Waals surface area contributed by atoms with Crippen molar-refractivity contribution in [2.24, 2.45) is 0 Å². The lowest BCUT2D eigenvalue weighted by Crippen LogP contribution is -2.37. The zero-order chi connectivity index (χ0) is 14.5. The van der Waals surface area contributed by atoms with Gasteiger partial charge in [-0.2, -0.15) is 11.8 Å². The van der Waals surface area contributed by atoms with Crippen LogP contribution in [-0.2, 0) is 0 Å². The van der Waals surface area contributed by atoms with Gasteiger partial charge in [-0.15, -0.1) is 0 Å². The van der Waals surface area contributed by atoms with Gasteiger partial charge in [-0.25, -0.2) is 0 Å². The zero-order valence-corrected chi connectivity index (χ0v) is 13.6. The van der Waals surface area contributed by atoms with Crippen LogP contribution in [0.3, 0.4) is 0 Å². The summed E-state index contributed by atoms with van der Waals surface area (Å²) in [7, 11) is 0. The van der Waals surface area contributed by atoms with E-state index >= 15 is 0 Å². The monoisotopic (exact) mass is 281 g/mol. The van der Waals surface area contributed by atoms with Gasteiger partial charge >= 0.3 is 0 Å². The Kier molecular flexibility index (Phi) is 6.21. The fraction of sp³-hybridized carbons (Fsp3) is 0.625. The number of phenols is 1. The normalized spacial score (nSPS) is 13.5. The zero-order valence-electron chi connectivity index (χ0n) is 12.8. The van der Waals surface area contributed by atoms with Crippen LogP contribution in [0.15, 0.2) is 18.2 Å². The van der Waals surface area contributed by atoms with Crippen molar-refractivity contribution >= 4 is 11.8 Å². The highest BCUT2D eigenvalue weighted by atomic mass is 32.2. The minimum absolute atomic E-state index is 0.172. The van der Waals surface area contributed by atoms with E-state index < -0.39 is 0 Å². The van der Waals surface area contributed by atoms with E-state index in [2.05, 4.69) is 38.4 Å². The van der Waals surface area contributed by atoms with E-state index in [4.69, 9.17) is 0 Å². The van der Waals surface area contributed by atoms with Gasteiger partial charge in [-0.1, -0.05) is 26.0 Å². The maximum Gasteiger partial charge on any atom is 0.120 e. The molecule has 0 fully saturated rings. The quantitative estimate of drug-likeness (QED) is 0.782.